The molecule has 2 N–H and O–H groups in total. The highest BCUT2D eigenvalue weighted by atomic mass is 35.5. The third-order valence-corrected chi connectivity index (χ3v) is 1.75. The first kappa shape index (κ1) is 11.4. The van der Waals surface area contributed by atoms with Gasteiger partial charge in [0, 0.05) is 11.8 Å². The predicted molar refractivity (Wildman–Crippen MR) is 43.9 cm³/mol. The molecule has 0 aromatic carbocycles. The molecule has 1 atom stereocenters. The number of hydrogen-bond acceptors (Lipinski definition) is 2. The average Bonchev–Trinajstić information content (AvgIpc) is 1.61. The first-order chi connectivity index (χ1) is 3.27. The zero-order valence-electron chi connectivity index (χ0n) is 5.39. The smallest absolute Gasteiger partial charge is 0.0101 e. The fourth-order valence-electron chi connectivity index (χ4n) is 0.304. The van der Waals surface area contributed by atoms with Crippen LogP contribution >= 0.6 is 24.2 Å². The van der Waals surface area contributed by atoms with Gasteiger partial charge < -0.3 is 5.73 Å². The van der Waals surface area contributed by atoms with E-state index in [9.17, 15) is 0 Å². The number of nitrogens with two attached hydrogens (primary N) is 1. The molecule has 0 saturated carbocycles. The Morgan fingerprint density at radius 1 is 1.62 bits per heavy atom. The van der Waals surface area contributed by atoms with Crippen LogP contribution in [-0.4, -0.2) is 17.5 Å². The Bertz CT molecular complexity index is 41.4. The molecule has 0 aromatic rings. The van der Waals surface area contributed by atoms with Crippen LogP contribution in [0.1, 0.15) is 13.8 Å². The van der Waals surface area contributed by atoms with Crippen molar-refractivity contribution in [1.82, 2.24) is 0 Å². The van der Waals surface area contributed by atoms with Crippen molar-refractivity contribution >= 4 is 24.2 Å². The molecule has 52 valence electrons. The standard InChI is InChI=1S/C5H13NS.ClH/c1-3-7-4-5(2)6;/h5H,3-4,6H2,1-2H3;1H. The molecule has 0 heterocycles. The minimum atomic E-state index is 0. The van der Waals surface area contributed by atoms with E-state index in [1.807, 2.05) is 18.7 Å². The molecule has 0 aromatic heterocycles. The Balaban J connectivity index is 0. The zero-order chi connectivity index (χ0) is 5.70. The first-order valence-corrected chi connectivity index (χ1v) is 3.76. The van der Waals surface area contributed by atoms with Crippen LogP contribution in [0, 0.1) is 0 Å². The van der Waals surface area contributed by atoms with Gasteiger partial charge in [0.05, 0.1) is 0 Å². The third-order valence-electron chi connectivity index (χ3n) is 0.585. The van der Waals surface area contributed by atoms with Crippen molar-refractivity contribution in [2.75, 3.05) is 11.5 Å². The number of halogens is 1. The van der Waals surface area contributed by atoms with Crippen molar-refractivity contribution in [2.24, 2.45) is 5.73 Å². The summed E-state index contributed by atoms with van der Waals surface area (Å²) in [5.41, 5.74) is 5.46. The fourth-order valence-corrected chi connectivity index (χ4v) is 0.911. The second-order valence-corrected chi connectivity index (χ2v) is 2.96. The third kappa shape index (κ3) is 9.78. The van der Waals surface area contributed by atoms with E-state index in [1.165, 1.54) is 5.75 Å². The van der Waals surface area contributed by atoms with Gasteiger partial charge in [-0.25, -0.2) is 0 Å². The van der Waals surface area contributed by atoms with E-state index in [-0.39, 0.29) is 12.4 Å². The van der Waals surface area contributed by atoms with Gasteiger partial charge in [0.1, 0.15) is 0 Å². The van der Waals surface area contributed by atoms with Gasteiger partial charge in [-0.3, -0.25) is 0 Å². The lowest BCUT2D eigenvalue weighted by Gasteiger charge is -1.99. The second-order valence-electron chi connectivity index (χ2n) is 1.64. The van der Waals surface area contributed by atoms with Gasteiger partial charge in [-0.2, -0.15) is 11.8 Å². The van der Waals surface area contributed by atoms with Crippen LogP contribution in [0.2, 0.25) is 0 Å². The van der Waals surface area contributed by atoms with Crippen LogP contribution in [-0.2, 0) is 0 Å². The van der Waals surface area contributed by atoms with E-state index in [0.717, 1.165) is 5.75 Å². The molecule has 0 spiro atoms. The topological polar surface area (TPSA) is 26.0 Å². The highest BCUT2D eigenvalue weighted by Gasteiger charge is 1.88. The van der Waals surface area contributed by atoms with Crippen LogP contribution in [0.4, 0.5) is 0 Å². The molecule has 0 aliphatic rings. The summed E-state index contributed by atoms with van der Waals surface area (Å²) in [5, 5.41) is 0. The summed E-state index contributed by atoms with van der Waals surface area (Å²) in [4.78, 5) is 0. The van der Waals surface area contributed by atoms with Crippen LogP contribution in [0.3, 0.4) is 0 Å². The molecular weight excluding hydrogens is 142 g/mol. The Labute approximate surface area is 61.8 Å². The van der Waals surface area contributed by atoms with Gasteiger partial charge in [0.25, 0.3) is 0 Å². The Morgan fingerprint density at radius 3 is 2.25 bits per heavy atom. The highest BCUT2D eigenvalue weighted by molar-refractivity contribution is 7.99. The monoisotopic (exact) mass is 155 g/mol. The lowest BCUT2D eigenvalue weighted by molar-refractivity contribution is 0.847. The molecule has 0 aliphatic heterocycles. The second kappa shape index (κ2) is 7.60. The molecule has 0 radical (unpaired) electrons. The summed E-state index contributed by atoms with van der Waals surface area (Å²) in [6.45, 7) is 4.18. The van der Waals surface area contributed by atoms with Crippen LogP contribution in [0.5, 0.6) is 0 Å². The van der Waals surface area contributed by atoms with Crippen molar-refractivity contribution in [3.8, 4) is 0 Å². The molecule has 0 bridgehead atoms. The summed E-state index contributed by atoms with van der Waals surface area (Å²) in [6, 6.07) is 0.366. The number of thioether (sulfide) groups is 1. The van der Waals surface area contributed by atoms with E-state index >= 15 is 0 Å². The van der Waals surface area contributed by atoms with Gasteiger partial charge >= 0.3 is 0 Å². The largest absolute Gasteiger partial charge is 0.327 e. The molecule has 0 saturated heterocycles. The maximum atomic E-state index is 5.46. The molecule has 0 aliphatic carbocycles. The van der Waals surface area contributed by atoms with E-state index in [4.69, 9.17) is 5.73 Å². The van der Waals surface area contributed by atoms with Gasteiger partial charge in [-0.05, 0) is 12.7 Å². The van der Waals surface area contributed by atoms with Crippen molar-refractivity contribution in [1.29, 1.82) is 0 Å². The van der Waals surface area contributed by atoms with Crippen molar-refractivity contribution < 1.29 is 0 Å². The average molecular weight is 156 g/mol. The summed E-state index contributed by atoms with van der Waals surface area (Å²) < 4.78 is 0. The zero-order valence-corrected chi connectivity index (χ0v) is 7.02. The summed E-state index contributed by atoms with van der Waals surface area (Å²) in [7, 11) is 0. The maximum absolute atomic E-state index is 5.46. The van der Waals surface area contributed by atoms with E-state index in [1.54, 1.807) is 0 Å². The Morgan fingerprint density at radius 2 is 2.12 bits per heavy atom. The maximum Gasteiger partial charge on any atom is 0.0101 e. The Kier molecular flexibility index (Phi) is 10.8. The van der Waals surface area contributed by atoms with Crippen molar-refractivity contribution in [3.05, 3.63) is 0 Å². The molecule has 0 amide bonds. The van der Waals surface area contributed by atoms with Gasteiger partial charge in [-0.1, -0.05) is 6.92 Å². The SMILES string of the molecule is CCSCC(C)N.Cl. The van der Waals surface area contributed by atoms with Gasteiger partial charge in [0.15, 0.2) is 0 Å². The Hall–Kier alpha value is 0.600. The van der Waals surface area contributed by atoms with Gasteiger partial charge in [0.2, 0.25) is 0 Å². The molecule has 1 nitrogen and oxygen atoms in total. The van der Waals surface area contributed by atoms with Crippen LogP contribution in [0.15, 0.2) is 0 Å². The first-order valence-electron chi connectivity index (χ1n) is 2.60. The van der Waals surface area contributed by atoms with Crippen molar-refractivity contribution in [2.45, 2.75) is 19.9 Å². The van der Waals surface area contributed by atoms with Crippen molar-refractivity contribution in [3.63, 3.8) is 0 Å². The quantitative estimate of drug-likeness (QED) is 0.669. The van der Waals surface area contributed by atoms with Gasteiger partial charge in [-0.15, -0.1) is 12.4 Å². The molecule has 8 heavy (non-hydrogen) atoms. The van der Waals surface area contributed by atoms with E-state index < -0.39 is 0 Å². The fraction of sp³-hybridized carbons (Fsp3) is 1.00. The minimum absolute atomic E-state index is 0. The number of rotatable bonds is 3. The predicted octanol–water partition coefficient (Wildman–Crippen LogP) is 1.51. The lowest BCUT2D eigenvalue weighted by atomic mass is 10.4. The lowest BCUT2D eigenvalue weighted by Crippen LogP contribution is -2.17. The van der Waals surface area contributed by atoms with E-state index in [0.29, 0.717) is 6.04 Å². The molecule has 1 unspecified atom stereocenters. The van der Waals surface area contributed by atoms with Crippen LogP contribution < -0.4 is 5.73 Å². The summed E-state index contributed by atoms with van der Waals surface area (Å²) in [6.07, 6.45) is 0. The normalized spacial score (nSPS) is 12.4. The van der Waals surface area contributed by atoms with E-state index in [2.05, 4.69) is 6.92 Å². The highest BCUT2D eigenvalue weighted by Crippen LogP contribution is 1.98. The molecular formula is C5H14ClNS. The minimum Gasteiger partial charge on any atom is -0.327 e. The summed E-state index contributed by atoms with van der Waals surface area (Å²) in [5.74, 6) is 2.28. The molecule has 0 rings (SSSR count). The number of hydrogen-bond donors (Lipinski definition) is 1. The van der Waals surface area contributed by atoms with Crippen LogP contribution in [0.25, 0.3) is 0 Å². The molecule has 0 fully saturated rings. The molecule has 3 heteroatoms. The summed E-state index contributed by atoms with van der Waals surface area (Å²) >= 11 is 1.89.